The van der Waals surface area contributed by atoms with Gasteiger partial charge in [0, 0.05) is 48.7 Å². The van der Waals surface area contributed by atoms with Crippen LogP contribution in [-0.4, -0.2) is 42.9 Å². The molecule has 0 bridgehead atoms. The lowest BCUT2D eigenvalue weighted by Crippen LogP contribution is -2.29. The second-order valence-corrected chi connectivity index (χ2v) is 8.08. The van der Waals surface area contributed by atoms with E-state index in [9.17, 15) is 9.59 Å². The maximum Gasteiger partial charge on any atom is 0.255 e. The molecule has 5 nitrogen and oxygen atoms in total. The zero-order chi connectivity index (χ0) is 20.2. The molecule has 152 valence electrons. The van der Waals surface area contributed by atoms with Gasteiger partial charge in [-0.2, -0.15) is 0 Å². The summed E-state index contributed by atoms with van der Waals surface area (Å²) in [7, 11) is 0. The summed E-state index contributed by atoms with van der Waals surface area (Å²) >= 11 is 0. The van der Waals surface area contributed by atoms with Crippen LogP contribution in [0.4, 0.5) is 11.4 Å². The van der Waals surface area contributed by atoms with E-state index >= 15 is 0 Å². The minimum absolute atomic E-state index is 0.0804. The Morgan fingerprint density at radius 3 is 2.07 bits per heavy atom. The van der Waals surface area contributed by atoms with Crippen molar-refractivity contribution in [2.45, 2.75) is 39.0 Å². The molecule has 0 aliphatic carbocycles. The summed E-state index contributed by atoms with van der Waals surface area (Å²) in [5.41, 5.74) is 4.15. The van der Waals surface area contributed by atoms with E-state index in [1.165, 1.54) is 24.9 Å². The molecule has 0 atom stereocenters. The Kier molecular flexibility index (Phi) is 5.84. The number of rotatable bonds is 4. The number of amides is 2. The Balaban J connectivity index is 1.41. The van der Waals surface area contributed by atoms with Crippen molar-refractivity contribution in [3.05, 3.63) is 59.2 Å². The van der Waals surface area contributed by atoms with E-state index in [4.69, 9.17) is 0 Å². The van der Waals surface area contributed by atoms with Gasteiger partial charge in [-0.3, -0.25) is 9.59 Å². The molecule has 2 aromatic rings. The molecule has 2 heterocycles. The molecule has 0 unspecified atom stereocenters. The second-order valence-electron chi connectivity index (χ2n) is 8.08. The summed E-state index contributed by atoms with van der Waals surface area (Å²) < 4.78 is 0. The summed E-state index contributed by atoms with van der Waals surface area (Å²) in [6.45, 7) is 5.78. The van der Waals surface area contributed by atoms with Crippen molar-refractivity contribution in [3.63, 3.8) is 0 Å². The van der Waals surface area contributed by atoms with E-state index in [-0.39, 0.29) is 11.8 Å². The van der Waals surface area contributed by atoms with Crippen molar-refractivity contribution in [2.75, 3.05) is 36.4 Å². The van der Waals surface area contributed by atoms with E-state index in [0.29, 0.717) is 11.1 Å². The SMILES string of the molecule is Cc1cc(C(=O)N2CCCC2)ccc1NC(=O)c1ccc(N2CCCCC2)cc1. The molecule has 29 heavy (non-hydrogen) atoms. The van der Waals surface area contributed by atoms with Gasteiger partial charge in [0.2, 0.25) is 0 Å². The fourth-order valence-electron chi connectivity index (χ4n) is 4.21. The van der Waals surface area contributed by atoms with Gasteiger partial charge in [-0.25, -0.2) is 0 Å². The van der Waals surface area contributed by atoms with Crippen molar-refractivity contribution in [3.8, 4) is 0 Å². The van der Waals surface area contributed by atoms with Gasteiger partial charge in [-0.1, -0.05) is 0 Å². The number of likely N-dealkylation sites (tertiary alicyclic amines) is 1. The Bertz CT molecular complexity index is 879. The van der Waals surface area contributed by atoms with Crippen LogP contribution in [-0.2, 0) is 0 Å². The average molecular weight is 392 g/mol. The van der Waals surface area contributed by atoms with Crippen LogP contribution in [0.15, 0.2) is 42.5 Å². The number of hydrogen-bond acceptors (Lipinski definition) is 3. The Morgan fingerprint density at radius 2 is 1.41 bits per heavy atom. The van der Waals surface area contributed by atoms with Gasteiger partial charge in [-0.05, 0) is 87.1 Å². The Labute approximate surface area is 172 Å². The molecule has 2 aliphatic heterocycles. The van der Waals surface area contributed by atoms with Crippen molar-refractivity contribution < 1.29 is 9.59 Å². The Morgan fingerprint density at radius 1 is 0.793 bits per heavy atom. The first-order chi connectivity index (χ1) is 14.1. The first-order valence-corrected chi connectivity index (χ1v) is 10.7. The molecule has 1 N–H and O–H groups in total. The number of piperidine rings is 1. The Hall–Kier alpha value is -2.82. The minimum Gasteiger partial charge on any atom is -0.372 e. The van der Waals surface area contributed by atoms with Crippen LogP contribution in [0.5, 0.6) is 0 Å². The number of nitrogens with one attached hydrogen (secondary N) is 1. The first-order valence-electron chi connectivity index (χ1n) is 10.7. The monoisotopic (exact) mass is 391 g/mol. The van der Waals surface area contributed by atoms with Gasteiger partial charge >= 0.3 is 0 Å². The summed E-state index contributed by atoms with van der Waals surface area (Å²) in [4.78, 5) is 29.5. The summed E-state index contributed by atoms with van der Waals surface area (Å²) in [6.07, 6.45) is 5.93. The molecule has 0 aromatic heterocycles. The molecule has 2 saturated heterocycles. The average Bonchev–Trinajstić information content (AvgIpc) is 3.30. The highest BCUT2D eigenvalue weighted by Crippen LogP contribution is 2.22. The summed E-state index contributed by atoms with van der Waals surface area (Å²) in [5.74, 6) is -0.0475. The zero-order valence-electron chi connectivity index (χ0n) is 17.1. The number of nitrogens with zero attached hydrogens (tertiary/aromatic N) is 2. The van der Waals surface area contributed by atoms with Crippen LogP contribution in [0.1, 0.15) is 58.4 Å². The number of aryl methyl sites for hydroxylation is 1. The highest BCUT2D eigenvalue weighted by atomic mass is 16.2. The molecular weight excluding hydrogens is 362 g/mol. The second kappa shape index (κ2) is 8.68. The predicted molar refractivity (Wildman–Crippen MR) is 117 cm³/mol. The smallest absolute Gasteiger partial charge is 0.255 e. The van der Waals surface area contributed by atoms with E-state index < -0.39 is 0 Å². The van der Waals surface area contributed by atoms with Crippen LogP contribution in [0.2, 0.25) is 0 Å². The van der Waals surface area contributed by atoms with Crippen LogP contribution in [0.25, 0.3) is 0 Å². The number of anilines is 2. The highest BCUT2D eigenvalue weighted by molar-refractivity contribution is 6.05. The van der Waals surface area contributed by atoms with E-state index in [1.807, 2.05) is 54.3 Å². The lowest BCUT2D eigenvalue weighted by atomic mass is 10.1. The van der Waals surface area contributed by atoms with Gasteiger partial charge in [-0.15, -0.1) is 0 Å². The van der Waals surface area contributed by atoms with Crippen LogP contribution >= 0.6 is 0 Å². The molecule has 4 rings (SSSR count). The van der Waals surface area contributed by atoms with E-state index in [0.717, 1.165) is 50.3 Å². The molecule has 5 heteroatoms. The molecule has 0 saturated carbocycles. The normalized spacial score (nSPS) is 16.7. The van der Waals surface area contributed by atoms with E-state index in [2.05, 4.69) is 10.2 Å². The maximum absolute atomic E-state index is 12.7. The third-order valence-corrected chi connectivity index (χ3v) is 5.97. The van der Waals surface area contributed by atoms with Gasteiger partial charge in [0.25, 0.3) is 11.8 Å². The van der Waals surface area contributed by atoms with E-state index in [1.54, 1.807) is 0 Å². The molecule has 2 fully saturated rings. The standard InChI is InChI=1S/C24H29N3O2/c1-18-17-20(24(29)27-15-5-6-16-27)9-12-22(18)25-23(28)19-7-10-21(11-8-19)26-13-3-2-4-14-26/h7-12,17H,2-6,13-16H2,1H3,(H,25,28). The fraction of sp³-hybridized carbons (Fsp3) is 0.417. The van der Waals surface area contributed by atoms with Crippen molar-refractivity contribution in [2.24, 2.45) is 0 Å². The van der Waals surface area contributed by atoms with Gasteiger partial charge in [0.1, 0.15) is 0 Å². The highest BCUT2D eigenvalue weighted by Gasteiger charge is 2.20. The number of carbonyl (C=O) groups is 2. The van der Waals surface area contributed by atoms with Crippen LogP contribution in [0.3, 0.4) is 0 Å². The third kappa shape index (κ3) is 4.44. The molecule has 2 aromatic carbocycles. The molecular formula is C24H29N3O2. The van der Waals surface area contributed by atoms with Gasteiger partial charge in [0.05, 0.1) is 0 Å². The predicted octanol–water partition coefficient (Wildman–Crippen LogP) is 4.47. The largest absolute Gasteiger partial charge is 0.372 e. The van der Waals surface area contributed by atoms with Crippen molar-refractivity contribution in [1.82, 2.24) is 4.90 Å². The van der Waals surface area contributed by atoms with Crippen LogP contribution in [0, 0.1) is 6.92 Å². The minimum atomic E-state index is -0.128. The molecule has 0 radical (unpaired) electrons. The topological polar surface area (TPSA) is 52.7 Å². The first kappa shape index (κ1) is 19.5. The summed E-state index contributed by atoms with van der Waals surface area (Å²) in [5, 5.41) is 2.98. The molecule has 0 spiro atoms. The fourth-order valence-corrected chi connectivity index (χ4v) is 4.21. The number of hydrogen-bond donors (Lipinski definition) is 1. The van der Waals surface area contributed by atoms with Crippen LogP contribution < -0.4 is 10.2 Å². The lowest BCUT2D eigenvalue weighted by Gasteiger charge is -2.28. The zero-order valence-corrected chi connectivity index (χ0v) is 17.1. The quantitative estimate of drug-likeness (QED) is 0.836. The lowest BCUT2D eigenvalue weighted by molar-refractivity contribution is 0.0792. The third-order valence-electron chi connectivity index (χ3n) is 5.97. The number of carbonyl (C=O) groups excluding carboxylic acids is 2. The van der Waals surface area contributed by atoms with Crippen molar-refractivity contribution >= 4 is 23.2 Å². The molecule has 2 amide bonds. The number of benzene rings is 2. The van der Waals surface area contributed by atoms with Gasteiger partial charge < -0.3 is 15.1 Å². The summed E-state index contributed by atoms with van der Waals surface area (Å²) in [6, 6.07) is 13.4. The molecule has 2 aliphatic rings. The maximum atomic E-state index is 12.7. The van der Waals surface area contributed by atoms with Crippen molar-refractivity contribution in [1.29, 1.82) is 0 Å². The van der Waals surface area contributed by atoms with Gasteiger partial charge in [0.15, 0.2) is 0 Å².